The zero-order valence-electron chi connectivity index (χ0n) is 13.9. The lowest BCUT2D eigenvalue weighted by molar-refractivity contribution is -0.128. The van der Waals surface area contributed by atoms with Gasteiger partial charge in [0.05, 0.1) is 18.6 Å². The lowest BCUT2D eigenvalue weighted by Crippen LogP contribution is -2.39. The third-order valence-electron chi connectivity index (χ3n) is 3.24. The van der Waals surface area contributed by atoms with E-state index in [0.717, 1.165) is 6.26 Å². The maximum absolute atomic E-state index is 12.0. The van der Waals surface area contributed by atoms with E-state index in [1.807, 2.05) is 6.92 Å². The highest BCUT2D eigenvalue weighted by atomic mass is 32.2. The molecule has 130 valence electrons. The molecule has 0 saturated heterocycles. The monoisotopic (exact) mass is 344 g/mol. The summed E-state index contributed by atoms with van der Waals surface area (Å²) in [6, 6.07) is 6.54. The number of benzene rings is 1. The van der Waals surface area contributed by atoms with Crippen molar-refractivity contribution < 1.29 is 22.7 Å². The van der Waals surface area contributed by atoms with Crippen molar-refractivity contribution in [3.8, 4) is 5.75 Å². The minimum Gasteiger partial charge on any atom is -0.481 e. The molecule has 0 aliphatic carbocycles. The highest BCUT2D eigenvalue weighted by Crippen LogP contribution is 2.21. The molecule has 0 radical (unpaired) electrons. The van der Waals surface area contributed by atoms with Crippen LogP contribution in [0, 0.1) is 0 Å². The molecule has 0 aliphatic heterocycles. The van der Waals surface area contributed by atoms with E-state index in [4.69, 9.17) is 9.47 Å². The first-order chi connectivity index (χ1) is 10.8. The topological polar surface area (TPSA) is 84.9 Å². The van der Waals surface area contributed by atoms with Crippen molar-refractivity contribution in [3.63, 3.8) is 0 Å². The van der Waals surface area contributed by atoms with Crippen molar-refractivity contribution in [2.45, 2.75) is 19.4 Å². The number of sulfonamides is 1. The molecule has 1 aromatic rings. The van der Waals surface area contributed by atoms with E-state index >= 15 is 0 Å². The van der Waals surface area contributed by atoms with Gasteiger partial charge in [0.25, 0.3) is 5.91 Å². The Bertz CT molecular complexity index is 601. The third-order valence-corrected chi connectivity index (χ3v) is 4.45. The van der Waals surface area contributed by atoms with Crippen molar-refractivity contribution in [1.29, 1.82) is 0 Å². The highest BCUT2D eigenvalue weighted by Gasteiger charge is 2.18. The number of anilines is 1. The molecule has 0 spiro atoms. The molecular weight excluding hydrogens is 320 g/mol. The summed E-state index contributed by atoms with van der Waals surface area (Å²) in [5, 5.41) is 2.73. The van der Waals surface area contributed by atoms with Gasteiger partial charge in [0.1, 0.15) is 5.75 Å². The minimum atomic E-state index is -3.31. The fourth-order valence-electron chi connectivity index (χ4n) is 1.80. The molecule has 0 saturated carbocycles. The smallest absolute Gasteiger partial charge is 0.261 e. The van der Waals surface area contributed by atoms with E-state index < -0.39 is 16.1 Å². The second kappa shape index (κ2) is 8.73. The molecular formula is C15H24N2O5S. The quantitative estimate of drug-likeness (QED) is 0.676. The first-order valence-electron chi connectivity index (χ1n) is 7.26. The average molecular weight is 344 g/mol. The number of nitrogens with zero attached hydrogens (tertiary/aromatic N) is 1. The van der Waals surface area contributed by atoms with E-state index in [2.05, 4.69) is 5.32 Å². The molecule has 1 rings (SSSR count). The Morgan fingerprint density at radius 2 is 1.91 bits per heavy atom. The van der Waals surface area contributed by atoms with E-state index in [1.165, 1.54) is 11.4 Å². The van der Waals surface area contributed by atoms with Gasteiger partial charge in [0, 0.05) is 20.7 Å². The summed E-state index contributed by atoms with van der Waals surface area (Å²) >= 11 is 0. The van der Waals surface area contributed by atoms with Crippen molar-refractivity contribution >= 4 is 21.6 Å². The van der Waals surface area contributed by atoms with E-state index in [-0.39, 0.29) is 5.91 Å². The number of carbonyl (C=O) groups excluding carboxylic acids is 1. The molecule has 1 N–H and O–H groups in total. The zero-order chi connectivity index (χ0) is 17.5. The number of amides is 1. The Balaban J connectivity index is 2.70. The molecule has 0 aliphatic rings. The van der Waals surface area contributed by atoms with Gasteiger partial charge in [0.2, 0.25) is 10.0 Å². The SMILES string of the molecule is CC[C@H](Oc1ccc(N(C)S(C)(=O)=O)cc1)C(=O)NCCOC. The van der Waals surface area contributed by atoms with Crippen LogP contribution in [-0.2, 0) is 19.6 Å². The van der Waals surface area contributed by atoms with Gasteiger partial charge in [-0.2, -0.15) is 0 Å². The van der Waals surface area contributed by atoms with Crippen LogP contribution in [0.1, 0.15) is 13.3 Å². The van der Waals surface area contributed by atoms with Crippen molar-refractivity contribution in [2.24, 2.45) is 0 Å². The van der Waals surface area contributed by atoms with E-state index in [9.17, 15) is 13.2 Å². The van der Waals surface area contributed by atoms with Gasteiger partial charge in [-0.15, -0.1) is 0 Å². The van der Waals surface area contributed by atoms with Crippen LogP contribution in [0.2, 0.25) is 0 Å². The first-order valence-corrected chi connectivity index (χ1v) is 9.11. The normalized spacial score (nSPS) is 12.5. The van der Waals surface area contributed by atoms with Gasteiger partial charge in [-0.05, 0) is 30.7 Å². The predicted molar refractivity (Wildman–Crippen MR) is 89.3 cm³/mol. The number of hydrogen-bond donors (Lipinski definition) is 1. The Labute approximate surface area is 137 Å². The van der Waals surface area contributed by atoms with Crippen LogP contribution in [0.5, 0.6) is 5.75 Å². The van der Waals surface area contributed by atoms with Crippen LogP contribution in [0.4, 0.5) is 5.69 Å². The minimum absolute atomic E-state index is 0.207. The Kier molecular flexibility index (Phi) is 7.31. The molecule has 0 bridgehead atoms. The summed E-state index contributed by atoms with van der Waals surface area (Å²) in [4.78, 5) is 12.0. The molecule has 1 aromatic carbocycles. The summed E-state index contributed by atoms with van der Waals surface area (Å²) < 4.78 is 34.7. The molecule has 0 unspecified atom stereocenters. The number of nitrogens with one attached hydrogen (secondary N) is 1. The number of methoxy groups -OCH3 is 1. The largest absolute Gasteiger partial charge is 0.481 e. The lowest BCUT2D eigenvalue weighted by atomic mass is 10.2. The number of ether oxygens (including phenoxy) is 2. The maximum Gasteiger partial charge on any atom is 0.261 e. The second-order valence-electron chi connectivity index (χ2n) is 5.02. The Hall–Kier alpha value is -1.80. The molecule has 0 heterocycles. The van der Waals surface area contributed by atoms with Crippen molar-refractivity contribution in [2.75, 3.05) is 37.9 Å². The van der Waals surface area contributed by atoms with Gasteiger partial charge in [0.15, 0.2) is 6.10 Å². The lowest BCUT2D eigenvalue weighted by Gasteiger charge is -2.19. The summed E-state index contributed by atoms with van der Waals surface area (Å²) in [6.07, 6.45) is 1.05. The van der Waals surface area contributed by atoms with Gasteiger partial charge < -0.3 is 14.8 Å². The van der Waals surface area contributed by atoms with Crippen LogP contribution in [0.25, 0.3) is 0 Å². The highest BCUT2D eigenvalue weighted by molar-refractivity contribution is 7.92. The second-order valence-corrected chi connectivity index (χ2v) is 7.04. The standard InChI is InChI=1S/C15H24N2O5S/c1-5-14(15(18)16-10-11-21-3)22-13-8-6-12(7-9-13)17(2)23(4,19)20/h6-9,14H,5,10-11H2,1-4H3,(H,16,18)/t14-/m0/s1. The molecule has 1 amide bonds. The summed E-state index contributed by atoms with van der Waals surface area (Å²) in [6.45, 7) is 2.72. The predicted octanol–water partition coefficient (Wildman–Crippen LogP) is 1.00. The number of hydrogen-bond acceptors (Lipinski definition) is 5. The van der Waals surface area contributed by atoms with Gasteiger partial charge in [-0.1, -0.05) is 6.92 Å². The molecule has 0 fully saturated rings. The van der Waals surface area contributed by atoms with Crippen LogP contribution >= 0.6 is 0 Å². The van der Waals surface area contributed by atoms with Gasteiger partial charge in [-0.3, -0.25) is 9.10 Å². The molecule has 1 atom stereocenters. The molecule has 8 heteroatoms. The summed E-state index contributed by atoms with van der Waals surface area (Å²) in [7, 11) is -0.266. The van der Waals surface area contributed by atoms with E-state index in [0.29, 0.717) is 31.0 Å². The zero-order valence-corrected chi connectivity index (χ0v) is 14.7. The van der Waals surface area contributed by atoms with Crippen LogP contribution in [-0.4, -0.2) is 54.0 Å². The molecule has 0 aromatic heterocycles. The van der Waals surface area contributed by atoms with Gasteiger partial charge in [-0.25, -0.2) is 8.42 Å². The molecule has 7 nitrogen and oxygen atoms in total. The first kappa shape index (κ1) is 19.2. The number of rotatable bonds is 9. The van der Waals surface area contributed by atoms with Gasteiger partial charge >= 0.3 is 0 Å². The average Bonchev–Trinajstić information content (AvgIpc) is 2.51. The van der Waals surface area contributed by atoms with Crippen molar-refractivity contribution in [1.82, 2.24) is 5.32 Å². The fraction of sp³-hybridized carbons (Fsp3) is 0.533. The fourth-order valence-corrected chi connectivity index (χ4v) is 2.31. The van der Waals surface area contributed by atoms with Crippen LogP contribution in [0.15, 0.2) is 24.3 Å². The van der Waals surface area contributed by atoms with E-state index in [1.54, 1.807) is 31.4 Å². The number of carbonyl (C=O) groups is 1. The Morgan fingerprint density at radius 1 is 1.30 bits per heavy atom. The molecule has 23 heavy (non-hydrogen) atoms. The third kappa shape index (κ3) is 6.07. The Morgan fingerprint density at radius 3 is 2.39 bits per heavy atom. The maximum atomic E-state index is 12.0. The summed E-state index contributed by atoms with van der Waals surface area (Å²) in [5.41, 5.74) is 0.525. The van der Waals surface area contributed by atoms with Crippen LogP contribution < -0.4 is 14.4 Å². The summed E-state index contributed by atoms with van der Waals surface area (Å²) in [5.74, 6) is 0.297. The van der Waals surface area contributed by atoms with Crippen molar-refractivity contribution in [3.05, 3.63) is 24.3 Å². The van der Waals surface area contributed by atoms with Crippen LogP contribution in [0.3, 0.4) is 0 Å².